The third kappa shape index (κ3) is 4.39. The van der Waals surface area contributed by atoms with Crippen molar-refractivity contribution in [3.8, 4) is 11.5 Å². The Morgan fingerprint density at radius 1 is 0.912 bits per heavy atom. The van der Waals surface area contributed by atoms with Gasteiger partial charge in [-0.25, -0.2) is 4.90 Å². The maximum absolute atomic E-state index is 13.8. The van der Waals surface area contributed by atoms with Crippen LogP contribution in [0.5, 0.6) is 11.5 Å². The summed E-state index contributed by atoms with van der Waals surface area (Å²) in [5.41, 5.74) is 4.30. The van der Waals surface area contributed by atoms with Gasteiger partial charge in [0.1, 0.15) is 17.2 Å². The summed E-state index contributed by atoms with van der Waals surface area (Å²) < 4.78 is 11.2. The number of nitrogens with one attached hydrogen (secondary N) is 1. The van der Waals surface area contributed by atoms with E-state index in [9.17, 15) is 9.59 Å². The third-order valence-corrected chi connectivity index (χ3v) is 5.65. The maximum Gasteiger partial charge on any atom is 0.282 e. The van der Waals surface area contributed by atoms with Crippen molar-refractivity contribution in [3.05, 3.63) is 89.1 Å². The van der Waals surface area contributed by atoms with E-state index in [1.54, 1.807) is 31.4 Å². The molecule has 0 radical (unpaired) electrons. The number of benzene rings is 3. The van der Waals surface area contributed by atoms with E-state index in [0.717, 1.165) is 17.5 Å². The SMILES string of the molecule is CCCOc1cccc(N2C(=O)C(Nc3ccccc3OC)=C(c3ccc(C)cc3C)C2=O)c1. The Hall–Kier alpha value is -4.06. The monoisotopic (exact) mass is 456 g/mol. The van der Waals surface area contributed by atoms with Crippen molar-refractivity contribution in [2.75, 3.05) is 23.9 Å². The van der Waals surface area contributed by atoms with Crippen molar-refractivity contribution in [2.24, 2.45) is 0 Å². The summed E-state index contributed by atoms with van der Waals surface area (Å²) >= 11 is 0. The number of hydrogen-bond donors (Lipinski definition) is 1. The average molecular weight is 457 g/mol. The maximum atomic E-state index is 13.8. The second-order valence-corrected chi connectivity index (χ2v) is 8.19. The molecule has 3 aromatic rings. The Bertz CT molecular complexity index is 1280. The fourth-order valence-corrected chi connectivity index (χ4v) is 4.04. The first-order chi connectivity index (χ1) is 16.4. The van der Waals surface area contributed by atoms with Crippen LogP contribution < -0.4 is 19.7 Å². The Labute approximate surface area is 199 Å². The predicted octanol–water partition coefficient (Wildman–Crippen LogP) is 5.50. The molecule has 0 saturated heterocycles. The third-order valence-electron chi connectivity index (χ3n) is 5.65. The lowest BCUT2D eigenvalue weighted by atomic mass is 9.97. The summed E-state index contributed by atoms with van der Waals surface area (Å²) in [5.74, 6) is 0.364. The second kappa shape index (κ2) is 9.83. The van der Waals surface area contributed by atoms with E-state index < -0.39 is 5.91 Å². The fraction of sp³-hybridized carbons (Fsp3) is 0.214. The number of ether oxygens (including phenoxy) is 2. The molecule has 0 aromatic heterocycles. The highest BCUT2D eigenvalue weighted by Gasteiger charge is 2.41. The molecule has 2 amide bonds. The van der Waals surface area contributed by atoms with E-state index in [1.807, 2.05) is 63.2 Å². The van der Waals surface area contributed by atoms with E-state index in [2.05, 4.69) is 5.32 Å². The molecule has 6 nitrogen and oxygen atoms in total. The Kier molecular flexibility index (Phi) is 6.68. The van der Waals surface area contributed by atoms with Crippen molar-refractivity contribution in [3.63, 3.8) is 0 Å². The number of methoxy groups -OCH3 is 1. The van der Waals surface area contributed by atoms with Crippen LogP contribution in [0.15, 0.2) is 72.4 Å². The number of rotatable bonds is 8. The topological polar surface area (TPSA) is 67.9 Å². The quantitative estimate of drug-likeness (QED) is 0.454. The lowest BCUT2D eigenvalue weighted by molar-refractivity contribution is -0.120. The second-order valence-electron chi connectivity index (χ2n) is 8.19. The van der Waals surface area contributed by atoms with Crippen molar-refractivity contribution < 1.29 is 19.1 Å². The van der Waals surface area contributed by atoms with E-state index >= 15 is 0 Å². The number of imide groups is 1. The molecule has 0 bridgehead atoms. The summed E-state index contributed by atoms with van der Waals surface area (Å²) in [5, 5.41) is 3.19. The fourth-order valence-electron chi connectivity index (χ4n) is 4.04. The van der Waals surface area contributed by atoms with Crippen LogP contribution in [0.4, 0.5) is 11.4 Å². The minimum atomic E-state index is -0.432. The van der Waals surface area contributed by atoms with Crippen LogP contribution in [0.1, 0.15) is 30.0 Å². The Morgan fingerprint density at radius 3 is 2.44 bits per heavy atom. The first-order valence-corrected chi connectivity index (χ1v) is 11.3. The van der Waals surface area contributed by atoms with Gasteiger partial charge in [0.05, 0.1) is 30.7 Å². The molecule has 0 unspecified atom stereocenters. The van der Waals surface area contributed by atoms with Crippen LogP contribution in [0.2, 0.25) is 0 Å². The summed E-state index contributed by atoms with van der Waals surface area (Å²) in [6, 6.07) is 20.2. The lowest BCUT2D eigenvalue weighted by Gasteiger charge is -2.17. The minimum absolute atomic E-state index is 0.210. The molecule has 0 fully saturated rings. The number of carbonyl (C=O) groups excluding carboxylic acids is 2. The van der Waals surface area contributed by atoms with E-state index in [1.165, 1.54) is 4.90 Å². The number of nitrogens with zero attached hydrogens (tertiary/aromatic N) is 1. The number of aryl methyl sites for hydroxylation is 2. The zero-order chi connectivity index (χ0) is 24.2. The highest BCUT2D eigenvalue weighted by atomic mass is 16.5. The van der Waals surface area contributed by atoms with Crippen molar-refractivity contribution in [2.45, 2.75) is 27.2 Å². The number of para-hydroxylation sites is 2. The van der Waals surface area contributed by atoms with E-state index in [4.69, 9.17) is 9.47 Å². The number of carbonyl (C=O) groups is 2. The largest absolute Gasteiger partial charge is 0.495 e. The molecule has 1 aliphatic rings. The minimum Gasteiger partial charge on any atom is -0.495 e. The van der Waals surface area contributed by atoms with Gasteiger partial charge in [-0.2, -0.15) is 0 Å². The standard InChI is InChI=1S/C28H28N2O4/c1-5-15-34-21-10-8-9-20(17-21)30-27(31)25(22-14-13-18(2)16-19(22)3)26(28(30)32)29-23-11-6-7-12-24(23)33-4/h6-14,16-17,29H,5,15H2,1-4H3. The van der Waals surface area contributed by atoms with Gasteiger partial charge in [-0.1, -0.05) is 48.9 Å². The van der Waals surface area contributed by atoms with Crippen LogP contribution >= 0.6 is 0 Å². The van der Waals surface area contributed by atoms with Crippen molar-refractivity contribution in [1.82, 2.24) is 0 Å². The summed E-state index contributed by atoms with van der Waals surface area (Å²) in [7, 11) is 1.57. The van der Waals surface area contributed by atoms with Gasteiger partial charge in [-0.15, -0.1) is 0 Å². The molecule has 0 atom stereocenters. The average Bonchev–Trinajstić information content (AvgIpc) is 3.07. The number of anilines is 2. The predicted molar refractivity (Wildman–Crippen MR) is 134 cm³/mol. The zero-order valence-electron chi connectivity index (χ0n) is 19.8. The van der Waals surface area contributed by atoms with Gasteiger partial charge in [0, 0.05) is 6.07 Å². The molecule has 174 valence electrons. The normalized spacial score (nSPS) is 13.5. The van der Waals surface area contributed by atoms with Crippen LogP contribution in [-0.2, 0) is 9.59 Å². The molecule has 1 aliphatic heterocycles. The van der Waals surface area contributed by atoms with Gasteiger partial charge >= 0.3 is 0 Å². The zero-order valence-corrected chi connectivity index (χ0v) is 19.8. The molecular weight excluding hydrogens is 428 g/mol. The van der Waals surface area contributed by atoms with E-state index in [0.29, 0.717) is 40.6 Å². The molecule has 0 saturated carbocycles. The molecule has 0 spiro atoms. The van der Waals surface area contributed by atoms with Crippen molar-refractivity contribution >= 4 is 28.8 Å². The smallest absolute Gasteiger partial charge is 0.282 e. The van der Waals surface area contributed by atoms with Crippen LogP contribution in [0.25, 0.3) is 5.57 Å². The van der Waals surface area contributed by atoms with Crippen LogP contribution in [0, 0.1) is 13.8 Å². The molecule has 34 heavy (non-hydrogen) atoms. The van der Waals surface area contributed by atoms with Crippen LogP contribution in [0.3, 0.4) is 0 Å². The molecule has 1 N–H and O–H groups in total. The summed E-state index contributed by atoms with van der Waals surface area (Å²) in [4.78, 5) is 28.7. The Balaban J connectivity index is 1.82. The molecule has 3 aromatic carbocycles. The van der Waals surface area contributed by atoms with Crippen molar-refractivity contribution in [1.29, 1.82) is 0 Å². The highest BCUT2D eigenvalue weighted by Crippen LogP contribution is 2.37. The highest BCUT2D eigenvalue weighted by molar-refractivity contribution is 6.46. The molecule has 4 rings (SSSR count). The first-order valence-electron chi connectivity index (χ1n) is 11.3. The van der Waals surface area contributed by atoms with Gasteiger partial charge in [-0.3, -0.25) is 9.59 Å². The lowest BCUT2D eigenvalue weighted by Crippen LogP contribution is -2.32. The summed E-state index contributed by atoms with van der Waals surface area (Å²) in [6.07, 6.45) is 0.858. The number of hydrogen-bond acceptors (Lipinski definition) is 5. The van der Waals surface area contributed by atoms with Gasteiger partial charge in [-0.05, 0) is 55.7 Å². The van der Waals surface area contributed by atoms with Gasteiger partial charge in [0.15, 0.2) is 0 Å². The van der Waals surface area contributed by atoms with E-state index in [-0.39, 0.29) is 11.6 Å². The molecule has 0 aliphatic carbocycles. The van der Waals surface area contributed by atoms with Gasteiger partial charge in [0.25, 0.3) is 11.8 Å². The molecule has 1 heterocycles. The van der Waals surface area contributed by atoms with Gasteiger partial charge < -0.3 is 14.8 Å². The first kappa shape index (κ1) is 23.1. The van der Waals surface area contributed by atoms with Gasteiger partial charge in [0.2, 0.25) is 0 Å². The molecule has 6 heteroatoms. The number of amides is 2. The Morgan fingerprint density at radius 2 is 1.71 bits per heavy atom. The molecular formula is C28H28N2O4. The van der Waals surface area contributed by atoms with Crippen LogP contribution in [-0.4, -0.2) is 25.5 Å². The summed E-state index contributed by atoms with van der Waals surface area (Å²) in [6.45, 7) is 6.51.